The third kappa shape index (κ3) is 11.3. The summed E-state index contributed by atoms with van der Waals surface area (Å²) in [5.41, 5.74) is -1.19. The highest BCUT2D eigenvalue weighted by atomic mass is 19.1. The van der Waals surface area contributed by atoms with Gasteiger partial charge < -0.3 is 29.1 Å². The first-order valence-corrected chi connectivity index (χ1v) is 18.4. The molecule has 6 rings (SSSR count). The number of nitrogens with zero attached hydrogens (tertiary/aromatic N) is 4. The SMILES string of the molecule is CC(C)(C)OC(=O)c1cc(F)c(CN(C(=O)N2CCOCC2)c2ccccc2)c(F)c1.O=C(O)c1cc(F)c(CN(C(=O)N2CCOCC2)c2ccccc2)c(F)c1. The van der Waals surface area contributed by atoms with Gasteiger partial charge in [0, 0.05) is 48.7 Å². The van der Waals surface area contributed by atoms with Crippen molar-refractivity contribution in [3.8, 4) is 0 Å². The van der Waals surface area contributed by atoms with E-state index in [2.05, 4.69) is 0 Å². The highest BCUT2D eigenvalue weighted by Gasteiger charge is 2.29. The molecule has 0 radical (unpaired) electrons. The Kier molecular flexibility index (Phi) is 14.5. The Labute approximate surface area is 333 Å². The number of amides is 4. The minimum absolute atomic E-state index is 0.223. The first kappa shape index (κ1) is 43.1. The van der Waals surface area contributed by atoms with E-state index < -0.39 is 52.4 Å². The molecule has 1 N–H and O–H groups in total. The van der Waals surface area contributed by atoms with E-state index in [0.29, 0.717) is 64.0 Å². The zero-order valence-electron chi connectivity index (χ0n) is 32.3. The van der Waals surface area contributed by atoms with E-state index in [9.17, 15) is 36.7 Å². The molecule has 12 nitrogen and oxygen atoms in total. The van der Waals surface area contributed by atoms with E-state index >= 15 is 0 Å². The molecule has 58 heavy (non-hydrogen) atoms. The van der Waals surface area contributed by atoms with Gasteiger partial charge in [-0.25, -0.2) is 36.7 Å². The Balaban J connectivity index is 0.000000223. The van der Waals surface area contributed by atoms with Gasteiger partial charge in [-0.3, -0.25) is 9.80 Å². The maximum absolute atomic E-state index is 14.9. The monoisotopic (exact) mass is 808 g/mol. The maximum Gasteiger partial charge on any atom is 0.338 e. The second-order valence-corrected chi connectivity index (χ2v) is 14.3. The highest BCUT2D eigenvalue weighted by Crippen LogP contribution is 2.26. The van der Waals surface area contributed by atoms with E-state index in [1.54, 1.807) is 91.2 Å². The van der Waals surface area contributed by atoms with Crippen LogP contribution >= 0.6 is 0 Å². The van der Waals surface area contributed by atoms with Gasteiger partial charge >= 0.3 is 24.0 Å². The van der Waals surface area contributed by atoms with E-state index in [1.807, 2.05) is 0 Å². The lowest BCUT2D eigenvalue weighted by molar-refractivity contribution is 0.00680. The number of halogens is 4. The van der Waals surface area contributed by atoms with Crippen molar-refractivity contribution < 1.29 is 56.1 Å². The lowest BCUT2D eigenvalue weighted by atomic mass is 10.1. The second-order valence-electron chi connectivity index (χ2n) is 14.3. The van der Waals surface area contributed by atoms with Gasteiger partial charge in [-0.2, -0.15) is 0 Å². The molecule has 4 aromatic rings. The summed E-state index contributed by atoms with van der Waals surface area (Å²) in [5.74, 6) is -6.11. The third-order valence-corrected chi connectivity index (χ3v) is 8.96. The number of carbonyl (C=O) groups excluding carboxylic acids is 3. The van der Waals surface area contributed by atoms with Crippen LogP contribution in [0.1, 0.15) is 52.6 Å². The van der Waals surface area contributed by atoms with Crippen molar-refractivity contribution in [1.29, 1.82) is 0 Å². The Morgan fingerprint density at radius 3 is 1.29 bits per heavy atom. The number of carbonyl (C=O) groups is 4. The van der Waals surface area contributed by atoms with Crippen LogP contribution in [-0.4, -0.2) is 97.1 Å². The van der Waals surface area contributed by atoms with Gasteiger partial charge in [0.15, 0.2) is 0 Å². The number of esters is 1. The predicted octanol–water partition coefficient (Wildman–Crippen LogP) is 7.50. The average Bonchev–Trinajstić information content (AvgIpc) is 3.20. The molecule has 0 saturated carbocycles. The van der Waals surface area contributed by atoms with E-state index in [4.69, 9.17) is 19.3 Å². The number of carboxylic acid groups (broad SMARTS) is 1. The third-order valence-electron chi connectivity index (χ3n) is 8.96. The fourth-order valence-electron chi connectivity index (χ4n) is 6.01. The number of para-hydroxylation sites is 2. The molecule has 0 atom stereocenters. The van der Waals surface area contributed by atoms with E-state index in [1.165, 1.54) is 9.80 Å². The number of hydrogen-bond donors (Lipinski definition) is 1. The minimum Gasteiger partial charge on any atom is -0.478 e. The first-order valence-electron chi connectivity index (χ1n) is 18.4. The van der Waals surface area contributed by atoms with Crippen molar-refractivity contribution in [2.45, 2.75) is 39.5 Å². The molecule has 0 aromatic heterocycles. The summed E-state index contributed by atoms with van der Waals surface area (Å²) in [5, 5.41) is 8.93. The number of rotatable bonds is 8. The molecular weight excluding hydrogens is 764 g/mol. The molecule has 2 aliphatic heterocycles. The number of urea groups is 2. The Bertz CT molecular complexity index is 2030. The zero-order chi connectivity index (χ0) is 42.0. The number of benzene rings is 4. The summed E-state index contributed by atoms with van der Waals surface area (Å²) >= 11 is 0. The van der Waals surface area contributed by atoms with E-state index in [0.717, 1.165) is 24.3 Å². The fraction of sp³-hybridized carbons (Fsp3) is 0.333. The smallest absolute Gasteiger partial charge is 0.338 e. The lowest BCUT2D eigenvalue weighted by Crippen LogP contribution is -2.48. The molecule has 0 spiro atoms. The predicted molar refractivity (Wildman–Crippen MR) is 206 cm³/mol. The molecule has 4 aromatic carbocycles. The van der Waals surface area contributed by atoms with Crippen LogP contribution in [0, 0.1) is 23.3 Å². The molecule has 2 fully saturated rings. The number of ether oxygens (including phenoxy) is 3. The number of carboxylic acids is 1. The van der Waals surface area contributed by atoms with Gasteiger partial charge in [0.05, 0.1) is 50.6 Å². The van der Waals surface area contributed by atoms with Crippen molar-refractivity contribution >= 4 is 35.4 Å². The fourth-order valence-corrected chi connectivity index (χ4v) is 6.01. The summed E-state index contributed by atoms with van der Waals surface area (Å²) in [6, 6.07) is 19.8. The first-order chi connectivity index (χ1) is 27.6. The Morgan fingerprint density at radius 1 is 0.621 bits per heavy atom. The number of hydrogen-bond acceptors (Lipinski definition) is 7. The van der Waals surface area contributed by atoms with Gasteiger partial charge in [0.2, 0.25) is 0 Å². The average molecular weight is 809 g/mol. The lowest BCUT2D eigenvalue weighted by Gasteiger charge is -2.33. The van der Waals surface area contributed by atoms with Crippen LogP contribution < -0.4 is 9.80 Å². The van der Waals surface area contributed by atoms with Crippen molar-refractivity contribution in [2.75, 3.05) is 62.4 Å². The molecule has 4 amide bonds. The van der Waals surface area contributed by atoms with Crippen LogP contribution in [0.2, 0.25) is 0 Å². The largest absolute Gasteiger partial charge is 0.478 e. The number of aromatic carboxylic acids is 1. The van der Waals surface area contributed by atoms with Gasteiger partial charge in [-0.05, 0) is 69.3 Å². The molecule has 16 heteroatoms. The molecule has 2 heterocycles. The molecule has 2 aliphatic rings. The van der Waals surface area contributed by atoms with Crippen molar-refractivity contribution in [1.82, 2.24) is 9.80 Å². The van der Waals surface area contributed by atoms with E-state index in [-0.39, 0.29) is 35.8 Å². The van der Waals surface area contributed by atoms with Crippen LogP contribution in [0.5, 0.6) is 0 Å². The molecule has 2 saturated heterocycles. The Morgan fingerprint density at radius 2 is 0.966 bits per heavy atom. The summed E-state index contributed by atoms with van der Waals surface area (Å²) in [7, 11) is 0. The van der Waals surface area contributed by atoms with Gasteiger partial charge in [-0.15, -0.1) is 0 Å². The molecular formula is C42H44F4N4O8. The van der Waals surface area contributed by atoms with Crippen LogP contribution in [0.25, 0.3) is 0 Å². The summed E-state index contributed by atoms with van der Waals surface area (Å²) in [4.78, 5) is 55.0. The molecule has 0 unspecified atom stereocenters. The summed E-state index contributed by atoms with van der Waals surface area (Å²) in [6.45, 7) is 7.46. The minimum atomic E-state index is -1.43. The van der Waals surface area contributed by atoms with Crippen LogP contribution in [-0.2, 0) is 27.3 Å². The zero-order valence-corrected chi connectivity index (χ0v) is 32.3. The van der Waals surface area contributed by atoms with Crippen LogP contribution in [0.4, 0.5) is 38.5 Å². The molecule has 308 valence electrons. The molecule has 0 bridgehead atoms. The van der Waals surface area contributed by atoms with Crippen molar-refractivity contribution in [2.24, 2.45) is 0 Å². The second kappa shape index (κ2) is 19.4. The normalized spacial score (nSPS) is 14.2. The quantitative estimate of drug-likeness (QED) is 0.143. The van der Waals surface area contributed by atoms with Gasteiger partial charge in [0.1, 0.15) is 28.9 Å². The van der Waals surface area contributed by atoms with Crippen LogP contribution in [0.3, 0.4) is 0 Å². The van der Waals surface area contributed by atoms with Crippen LogP contribution in [0.15, 0.2) is 84.9 Å². The van der Waals surface area contributed by atoms with Crippen molar-refractivity contribution in [3.63, 3.8) is 0 Å². The Hall–Kier alpha value is -6.00. The standard InChI is InChI=1S/C23H26F2N2O4.C19H18F2N2O4/c1-23(2,3)31-21(28)16-13-19(24)18(20(25)14-16)15-27(17-7-5-4-6-8-17)22(29)26-9-11-30-12-10-26;20-16-10-13(18(24)25)11-17(21)15(16)12-23(14-4-2-1-3-5-14)19(26)22-6-8-27-9-7-22/h4-8,13-14H,9-12,15H2,1-3H3;1-5,10-11H,6-9,12H2,(H,24,25). The summed E-state index contributed by atoms with van der Waals surface area (Å²) in [6.07, 6.45) is 0. The highest BCUT2D eigenvalue weighted by molar-refractivity contribution is 5.93. The number of anilines is 2. The van der Waals surface area contributed by atoms with Gasteiger partial charge in [0.25, 0.3) is 0 Å². The number of morpholine rings is 2. The molecule has 0 aliphatic carbocycles. The van der Waals surface area contributed by atoms with Crippen molar-refractivity contribution in [3.05, 3.63) is 130 Å². The summed E-state index contributed by atoms with van der Waals surface area (Å²) < 4.78 is 74.2. The van der Waals surface area contributed by atoms with Gasteiger partial charge in [-0.1, -0.05) is 36.4 Å². The maximum atomic E-state index is 14.9. The topological polar surface area (TPSA) is 129 Å².